The minimum atomic E-state index is -0.457. The molecule has 0 bridgehead atoms. The average molecular weight is 178 g/mol. The van der Waals surface area contributed by atoms with E-state index >= 15 is 0 Å². The van der Waals surface area contributed by atoms with E-state index in [4.69, 9.17) is 5.26 Å². The number of fused-ring (bicyclic) bond motifs is 1. The van der Waals surface area contributed by atoms with Gasteiger partial charge in [-0.3, -0.25) is 4.79 Å². The Morgan fingerprint density at radius 2 is 2.38 bits per heavy atom. The quantitative estimate of drug-likeness (QED) is 0.604. The molecule has 1 aliphatic carbocycles. The first-order valence-electron chi connectivity index (χ1n) is 4.94. The van der Waals surface area contributed by atoms with Crippen molar-refractivity contribution in [2.75, 3.05) is 6.54 Å². The van der Waals surface area contributed by atoms with Gasteiger partial charge < -0.3 is 4.90 Å². The fraction of sp³-hybridized carbons (Fsp3) is 0.800. The van der Waals surface area contributed by atoms with E-state index in [1.165, 1.54) is 12.8 Å². The molecule has 0 aromatic carbocycles. The van der Waals surface area contributed by atoms with Crippen LogP contribution in [-0.4, -0.2) is 23.4 Å². The van der Waals surface area contributed by atoms with Crippen molar-refractivity contribution in [1.29, 1.82) is 5.26 Å². The van der Waals surface area contributed by atoms with Crippen LogP contribution in [0.25, 0.3) is 0 Å². The van der Waals surface area contributed by atoms with Crippen molar-refractivity contribution in [1.82, 2.24) is 4.90 Å². The van der Waals surface area contributed by atoms with Crippen molar-refractivity contribution in [3.05, 3.63) is 0 Å². The average Bonchev–Trinajstić information content (AvgIpc) is 2.46. The van der Waals surface area contributed by atoms with E-state index in [1.54, 1.807) is 6.92 Å². The summed E-state index contributed by atoms with van der Waals surface area (Å²) in [5.74, 6) is 0.321. The lowest BCUT2D eigenvalue weighted by molar-refractivity contribution is -0.144. The SMILES string of the molecule is CC(C#N)C(=O)N1CC2CCCC21. The molecule has 2 fully saturated rings. The molecule has 0 N–H and O–H groups in total. The number of amides is 1. The number of hydrogen-bond donors (Lipinski definition) is 0. The van der Waals surface area contributed by atoms with E-state index in [1.807, 2.05) is 11.0 Å². The molecule has 1 amide bonds. The Labute approximate surface area is 78.3 Å². The normalized spacial score (nSPS) is 33.1. The van der Waals surface area contributed by atoms with Gasteiger partial charge in [0.25, 0.3) is 0 Å². The number of carbonyl (C=O) groups excluding carboxylic acids is 1. The van der Waals surface area contributed by atoms with Crippen LogP contribution in [-0.2, 0) is 4.79 Å². The lowest BCUT2D eigenvalue weighted by atomic mass is 9.90. The molecule has 0 aromatic heterocycles. The molecule has 1 heterocycles. The second kappa shape index (κ2) is 3.02. The van der Waals surface area contributed by atoms with Gasteiger partial charge in [0.15, 0.2) is 0 Å². The molecule has 1 saturated heterocycles. The first kappa shape index (κ1) is 8.55. The number of nitriles is 1. The molecule has 1 saturated carbocycles. The smallest absolute Gasteiger partial charge is 0.239 e. The molecule has 70 valence electrons. The van der Waals surface area contributed by atoms with Gasteiger partial charge in [0.2, 0.25) is 5.91 Å². The zero-order valence-corrected chi connectivity index (χ0v) is 7.86. The van der Waals surface area contributed by atoms with Crippen LogP contribution in [0.15, 0.2) is 0 Å². The summed E-state index contributed by atoms with van der Waals surface area (Å²) in [4.78, 5) is 13.5. The summed E-state index contributed by atoms with van der Waals surface area (Å²) < 4.78 is 0. The second-order valence-electron chi connectivity index (χ2n) is 4.10. The van der Waals surface area contributed by atoms with Crippen molar-refractivity contribution in [3.63, 3.8) is 0 Å². The molecular weight excluding hydrogens is 164 g/mol. The molecule has 2 rings (SSSR count). The summed E-state index contributed by atoms with van der Waals surface area (Å²) in [6, 6.07) is 2.48. The summed E-state index contributed by atoms with van der Waals surface area (Å²) in [7, 11) is 0. The maximum absolute atomic E-state index is 11.6. The molecule has 13 heavy (non-hydrogen) atoms. The van der Waals surface area contributed by atoms with Crippen LogP contribution in [0.2, 0.25) is 0 Å². The van der Waals surface area contributed by atoms with Gasteiger partial charge in [-0.2, -0.15) is 5.26 Å². The first-order chi connectivity index (χ1) is 6.24. The van der Waals surface area contributed by atoms with Crippen LogP contribution in [0.1, 0.15) is 26.2 Å². The molecule has 3 atom stereocenters. The molecule has 1 aliphatic heterocycles. The van der Waals surface area contributed by atoms with Crippen LogP contribution in [0.4, 0.5) is 0 Å². The zero-order chi connectivity index (χ0) is 9.42. The summed E-state index contributed by atoms with van der Waals surface area (Å²) in [6.07, 6.45) is 3.67. The summed E-state index contributed by atoms with van der Waals surface area (Å²) >= 11 is 0. The van der Waals surface area contributed by atoms with Crippen molar-refractivity contribution < 1.29 is 4.79 Å². The first-order valence-corrected chi connectivity index (χ1v) is 4.94. The topological polar surface area (TPSA) is 44.1 Å². The van der Waals surface area contributed by atoms with Crippen LogP contribution >= 0.6 is 0 Å². The van der Waals surface area contributed by atoms with E-state index in [2.05, 4.69) is 0 Å². The molecule has 3 unspecified atom stereocenters. The van der Waals surface area contributed by atoms with E-state index in [0.717, 1.165) is 18.9 Å². The molecule has 2 aliphatic rings. The summed E-state index contributed by atoms with van der Waals surface area (Å²) in [5.41, 5.74) is 0. The van der Waals surface area contributed by atoms with Gasteiger partial charge in [-0.1, -0.05) is 6.42 Å². The van der Waals surface area contributed by atoms with E-state index < -0.39 is 5.92 Å². The number of hydrogen-bond acceptors (Lipinski definition) is 2. The Kier molecular flexibility index (Phi) is 1.99. The Bertz CT molecular complexity index is 269. The monoisotopic (exact) mass is 178 g/mol. The highest BCUT2D eigenvalue weighted by Gasteiger charge is 2.45. The highest BCUT2D eigenvalue weighted by Crippen LogP contribution is 2.39. The van der Waals surface area contributed by atoms with Gasteiger partial charge >= 0.3 is 0 Å². The highest BCUT2D eigenvalue weighted by molar-refractivity contribution is 5.82. The Balaban J connectivity index is 1.97. The number of nitrogens with zero attached hydrogens (tertiary/aromatic N) is 2. The largest absolute Gasteiger partial charge is 0.338 e. The molecule has 0 radical (unpaired) electrons. The van der Waals surface area contributed by atoms with Gasteiger partial charge in [-0.15, -0.1) is 0 Å². The Morgan fingerprint density at radius 3 is 3.00 bits per heavy atom. The highest BCUT2D eigenvalue weighted by atomic mass is 16.2. The van der Waals surface area contributed by atoms with Gasteiger partial charge in [0.1, 0.15) is 5.92 Å². The minimum absolute atomic E-state index is 0.0330. The zero-order valence-electron chi connectivity index (χ0n) is 7.86. The van der Waals surface area contributed by atoms with E-state index in [0.29, 0.717) is 6.04 Å². The van der Waals surface area contributed by atoms with Gasteiger partial charge in [-0.05, 0) is 25.7 Å². The predicted octanol–water partition coefficient (Wildman–Crippen LogP) is 1.16. The van der Waals surface area contributed by atoms with Crippen molar-refractivity contribution in [3.8, 4) is 6.07 Å². The van der Waals surface area contributed by atoms with Gasteiger partial charge in [-0.25, -0.2) is 0 Å². The van der Waals surface area contributed by atoms with Gasteiger partial charge in [0, 0.05) is 12.6 Å². The summed E-state index contributed by atoms with van der Waals surface area (Å²) in [6.45, 7) is 2.58. The lowest BCUT2D eigenvalue weighted by Gasteiger charge is -2.45. The molecule has 0 spiro atoms. The number of rotatable bonds is 1. The van der Waals surface area contributed by atoms with Crippen LogP contribution in [0.3, 0.4) is 0 Å². The maximum atomic E-state index is 11.6. The second-order valence-corrected chi connectivity index (χ2v) is 4.10. The molecule has 0 aromatic rings. The van der Waals surface area contributed by atoms with Crippen molar-refractivity contribution >= 4 is 5.91 Å². The van der Waals surface area contributed by atoms with Gasteiger partial charge in [0.05, 0.1) is 6.07 Å². The van der Waals surface area contributed by atoms with Crippen molar-refractivity contribution in [2.45, 2.75) is 32.2 Å². The van der Waals surface area contributed by atoms with Crippen molar-refractivity contribution in [2.24, 2.45) is 11.8 Å². The number of carbonyl (C=O) groups is 1. The minimum Gasteiger partial charge on any atom is -0.338 e. The summed E-state index contributed by atoms with van der Waals surface area (Å²) in [5, 5.41) is 8.62. The fourth-order valence-corrected chi connectivity index (χ4v) is 2.45. The third-order valence-corrected chi connectivity index (χ3v) is 3.30. The standard InChI is InChI=1S/C10H14N2O/c1-7(5-11)10(13)12-6-8-3-2-4-9(8)12/h7-9H,2-4,6H2,1H3. The van der Waals surface area contributed by atoms with E-state index in [-0.39, 0.29) is 5.91 Å². The van der Waals surface area contributed by atoms with E-state index in [9.17, 15) is 4.79 Å². The molecular formula is C10H14N2O. The van der Waals surface area contributed by atoms with Crippen LogP contribution < -0.4 is 0 Å². The Morgan fingerprint density at radius 1 is 1.62 bits per heavy atom. The third-order valence-electron chi connectivity index (χ3n) is 3.30. The lowest BCUT2D eigenvalue weighted by Crippen LogP contribution is -2.57. The third kappa shape index (κ3) is 1.21. The molecule has 3 nitrogen and oxygen atoms in total. The Hall–Kier alpha value is -1.04. The predicted molar refractivity (Wildman–Crippen MR) is 47.6 cm³/mol. The molecule has 3 heteroatoms. The fourth-order valence-electron chi connectivity index (χ4n) is 2.45. The van der Waals surface area contributed by atoms with Crippen LogP contribution in [0, 0.1) is 23.2 Å². The maximum Gasteiger partial charge on any atom is 0.239 e. The van der Waals surface area contributed by atoms with Crippen LogP contribution in [0.5, 0.6) is 0 Å². The number of likely N-dealkylation sites (tertiary alicyclic amines) is 1.